The molecule has 0 aliphatic heterocycles. The van der Waals surface area contributed by atoms with Crippen molar-refractivity contribution in [1.29, 1.82) is 0 Å². The molecule has 0 atom stereocenters. The molecule has 0 unspecified atom stereocenters. The van der Waals surface area contributed by atoms with Crippen molar-refractivity contribution in [3.05, 3.63) is 71.8 Å². The van der Waals surface area contributed by atoms with Crippen LogP contribution >= 0.6 is 0 Å². The summed E-state index contributed by atoms with van der Waals surface area (Å²) in [5.41, 5.74) is 3.42. The Kier molecular flexibility index (Phi) is 4.43. The molecule has 0 N–H and O–H groups in total. The fourth-order valence-corrected chi connectivity index (χ4v) is 4.55. The van der Waals surface area contributed by atoms with Crippen LogP contribution in [0.25, 0.3) is 0 Å². The summed E-state index contributed by atoms with van der Waals surface area (Å²) < 4.78 is 5.49. The van der Waals surface area contributed by atoms with Crippen LogP contribution < -0.4 is 0 Å². The normalized spacial score (nSPS) is 28.6. The van der Waals surface area contributed by atoms with E-state index in [0.29, 0.717) is 17.6 Å². The van der Waals surface area contributed by atoms with Gasteiger partial charge in [-0.3, -0.25) is 4.90 Å². The van der Waals surface area contributed by atoms with Gasteiger partial charge < -0.3 is 4.74 Å². The predicted molar refractivity (Wildman–Crippen MR) is 97.6 cm³/mol. The molecular formula is C22H27NO. The number of benzene rings is 2. The first-order chi connectivity index (χ1) is 11.8. The van der Waals surface area contributed by atoms with Crippen LogP contribution in [0.3, 0.4) is 0 Å². The van der Waals surface area contributed by atoms with Gasteiger partial charge in [-0.1, -0.05) is 60.7 Å². The third-order valence-corrected chi connectivity index (χ3v) is 5.97. The first-order valence-electron chi connectivity index (χ1n) is 9.11. The van der Waals surface area contributed by atoms with Gasteiger partial charge in [0, 0.05) is 26.2 Å². The lowest BCUT2D eigenvalue weighted by molar-refractivity contribution is -0.138. The summed E-state index contributed by atoms with van der Waals surface area (Å²) >= 11 is 0. The number of methoxy groups -OCH3 is 1. The average Bonchev–Trinajstić information content (AvgIpc) is 2.54. The van der Waals surface area contributed by atoms with Gasteiger partial charge in [-0.2, -0.15) is 0 Å². The SMILES string of the molecule is COC1CC2(C1)CC(N(Cc1ccccc1)Cc1ccccc1)C2. The Balaban J connectivity index is 1.43. The summed E-state index contributed by atoms with van der Waals surface area (Å²) in [6, 6.07) is 22.5. The molecule has 0 radical (unpaired) electrons. The van der Waals surface area contributed by atoms with Gasteiger partial charge in [0.2, 0.25) is 0 Å². The van der Waals surface area contributed by atoms with Crippen LogP contribution in [0.15, 0.2) is 60.7 Å². The second-order valence-electron chi connectivity index (χ2n) is 7.70. The van der Waals surface area contributed by atoms with Crippen LogP contribution in [0, 0.1) is 5.41 Å². The van der Waals surface area contributed by atoms with E-state index in [1.165, 1.54) is 36.8 Å². The van der Waals surface area contributed by atoms with Gasteiger partial charge in [0.1, 0.15) is 0 Å². The van der Waals surface area contributed by atoms with Crippen LogP contribution in [0.2, 0.25) is 0 Å². The van der Waals surface area contributed by atoms with E-state index in [9.17, 15) is 0 Å². The van der Waals surface area contributed by atoms with Crippen molar-refractivity contribution in [2.24, 2.45) is 5.41 Å². The number of rotatable bonds is 6. The molecule has 2 aromatic rings. The second kappa shape index (κ2) is 6.70. The Morgan fingerprint density at radius 2 is 1.33 bits per heavy atom. The molecule has 1 spiro atoms. The highest BCUT2D eigenvalue weighted by Gasteiger charge is 2.54. The van der Waals surface area contributed by atoms with Crippen molar-refractivity contribution in [2.75, 3.05) is 7.11 Å². The highest BCUT2D eigenvalue weighted by Crippen LogP contribution is 2.58. The molecule has 126 valence electrons. The van der Waals surface area contributed by atoms with E-state index in [0.717, 1.165) is 13.1 Å². The molecule has 2 aliphatic carbocycles. The third kappa shape index (κ3) is 3.26. The van der Waals surface area contributed by atoms with Gasteiger partial charge in [0.05, 0.1) is 6.10 Å². The maximum Gasteiger partial charge on any atom is 0.0582 e. The molecule has 0 amide bonds. The van der Waals surface area contributed by atoms with E-state index < -0.39 is 0 Å². The largest absolute Gasteiger partial charge is 0.381 e. The van der Waals surface area contributed by atoms with E-state index >= 15 is 0 Å². The quantitative estimate of drug-likeness (QED) is 0.768. The van der Waals surface area contributed by atoms with Crippen molar-refractivity contribution in [3.8, 4) is 0 Å². The highest BCUT2D eigenvalue weighted by molar-refractivity contribution is 5.18. The fraction of sp³-hybridized carbons (Fsp3) is 0.455. The molecular weight excluding hydrogens is 294 g/mol. The number of hydrogen-bond donors (Lipinski definition) is 0. The van der Waals surface area contributed by atoms with Gasteiger partial charge in [-0.25, -0.2) is 0 Å². The standard InChI is InChI=1S/C22H27NO/c1-24-21-14-22(15-21)12-20(13-22)23(16-18-8-4-2-5-9-18)17-19-10-6-3-7-11-19/h2-11,20-21H,12-17H2,1H3. The zero-order valence-electron chi connectivity index (χ0n) is 14.5. The average molecular weight is 321 g/mol. The molecule has 24 heavy (non-hydrogen) atoms. The van der Waals surface area contributed by atoms with E-state index in [4.69, 9.17) is 4.74 Å². The van der Waals surface area contributed by atoms with Gasteiger partial charge in [-0.15, -0.1) is 0 Å². The topological polar surface area (TPSA) is 12.5 Å². The minimum absolute atomic E-state index is 0.516. The van der Waals surface area contributed by atoms with Crippen LogP contribution in [0.5, 0.6) is 0 Å². The molecule has 2 saturated carbocycles. The van der Waals surface area contributed by atoms with E-state index in [1.54, 1.807) is 0 Å². The molecule has 0 aromatic heterocycles. The number of nitrogens with zero attached hydrogens (tertiary/aromatic N) is 1. The summed E-state index contributed by atoms with van der Waals surface area (Å²) in [6.45, 7) is 2.09. The first kappa shape index (κ1) is 15.9. The predicted octanol–water partition coefficient (Wildman–Crippen LogP) is 4.65. The minimum Gasteiger partial charge on any atom is -0.381 e. The molecule has 2 fully saturated rings. The van der Waals surface area contributed by atoms with Crippen molar-refractivity contribution in [1.82, 2.24) is 4.90 Å². The van der Waals surface area contributed by atoms with Gasteiger partial charge in [0.25, 0.3) is 0 Å². The zero-order chi connectivity index (χ0) is 16.4. The van der Waals surface area contributed by atoms with E-state index in [2.05, 4.69) is 65.6 Å². The monoisotopic (exact) mass is 321 g/mol. The summed E-state index contributed by atoms with van der Waals surface area (Å²) in [5.74, 6) is 0. The van der Waals surface area contributed by atoms with Crippen molar-refractivity contribution < 1.29 is 4.74 Å². The van der Waals surface area contributed by atoms with Crippen LogP contribution in [-0.4, -0.2) is 24.2 Å². The molecule has 2 heteroatoms. The lowest BCUT2D eigenvalue weighted by Crippen LogP contribution is -2.57. The van der Waals surface area contributed by atoms with Crippen LogP contribution in [0.4, 0.5) is 0 Å². The zero-order valence-corrected chi connectivity index (χ0v) is 14.5. The number of ether oxygens (including phenoxy) is 1. The Bertz CT molecular complexity index is 599. The highest BCUT2D eigenvalue weighted by atomic mass is 16.5. The minimum atomic E-state index is 0.516. The van der Waals surface area contributed by atoms with Gasteiger partial charge in [0.15, 0.2) is 0 Å². The Morgan fingerprint density at radius 1 is 0.833 bits per heavy atom. The first-order valence-corrected chi connectivity index (χ1v) is 9.11. The molecule has 0 saturated heterocycles. The Labute approximate surface area is 145 Å². The molecule has 2 nitrogen and oxygen atoms in total. The van der Waals surface area contributed by atoms with Crippen molar-refractivity contribution in [3.63, 3.8) is 0 Å². The molecule has 0 heterocycles. The van der Waals surface area contributed by atoms with Gasteiger partial charge >= 0.3 is 0 Å². The number of hydrogen-bond acceptors (Lipinski definition) is 2. The van der Waals surface area contributed by atoms with Crippen LogP contribution in [-0.2, 0) is 17.8 Å². The van der Waals surface area contributed by atoms with Crippen molar-refractivity contribution >= 4 is 0 Å². The summed E-state index contributed by atoms with van der Waals surface area (Å²) in [6.07, 6.45) is 5.73. The van der Waals surface area contributed by atoms with E-state index in [1.807, 2.05) is 7.11 Å². The van der Waals surface area contributed by atoms with E-state index in [-0.39, 0.29) is 0 Å². The summed E-state index contributed by atoms with van der Waals surface area (Å²) in [7, 11) is 1.85. The molecule has 2 aromatic carbocycles. The van der Waals surface area contributed by atoms with Gasteiger partial charge in [-0.05, 0) is 42.2 Å². The molecule has 4 rings (SSSR count). The maximum atomic E-state index is 5.49. The lowest BCUT2D eigenvalue weighted by Gasteiger charge is -2.59. The summed E-state index contributed by atoms with van der Waals surface area (Å²) in [5, 5.41) is 0. The maximum absolute atomic E-state index is 5.49. The smallest absolute Gasteiger partial charge is 0.0582 e. The second-order valence-corrected chi connectivity index (χ2v) is 7.70. The van der Waals surface area contributed by atoms with Crippen LogP contribution in [0.1, 0.15) is 36.8 Å². The third-order valence-electron chi connectivity index (χ3n) is 5.97. The Hall–Kier alpha value is -1.64. The molecule has 2 aliphatic rings. The Morgan fingerprint density at radius 3 is 1.79 bits per heavy atom. The molecule has 0 bridgehead atoms. The summed E-state index contributed by atoms with van der Waals surface area (Å²) in [4.78, 5) is 2.68. The van der Waals surface area contributed by atoms with Crippen molar-refractivity contribution in [2.45, 2.75) is 50.9 Å². The fourth-order valence-electron chi connectivity index (χ4n) is 4.55. The lowest BCUT2D eigenvalue weighted by atomic mass is 9.52.